The van der Waals surface area contributed by atoms with Crippen LogP contribution in [-0.2, 0) is 4.79 Å². The highest BCUT2D eigenvalue weighted by molar-refractivity contribution is 9.11. The standard InChI is InChI=1S/C14H8Br2N2O/c15-9-4-8(5-10(16)7-9)6-12-11-2-1-3-17-13(11)18-14(12)19/h1-7H,(H,17,18,19)/b12-6-. The molecule has 1 aliphatic heterocycles. The van der Waals surface area contributed by atoms with E-state index in [1.807, 2.05) is 36.4 Å². The fraction of sp³-hybridized carbons (Fsp3) is 0. The average Bonchev–Trinajstić information content (AvgIpc) is 2.65. The highest BCUT2D eigenvalue weighted by Gasteiger charge is 2.24. The minimum atomic E-state index is -0.121. The normalized spacial score (nSPS) is 15.5. The molecule has 0 unspecified atom stereocenters. The van der Waals surface area contributed by atoms with Crippen molar-refractivity contribution < 1.29 is 4.79 Å². The van der Waals surface area contributed by atoms with Crippen LogP contribution in [0.5, 0.6) is 0 Å². The zero-order valence-electron chi connectivity index (χ0n) is 9.65. The van der Waals surface area contributed by atoms with E-state index in [9.17, 15) is 4.79 Å². The van der Waals surface area contributed by atoms with E-state index >= 15 is 0 Å². The predicted octanol–water partition coefficient (Wildman–Crippen LogP) is 4.10. The lowest BCUT2D eigenvalue weighted by Crippen LogP contribution is -2.04. The van der Waals surface area contributed by atoms with Crippen molar-refractivity contribution in [1.82, 2.24) is 4.98 Å². The van der Waals surface area contributed by atoms with Gasteiger partial charge in [0.05, 0.1) is 5.57 Å². The van der Waals surface area contributed by atoms with E-state index in [1.165, 1.54) is 0 Å². The Morgan fingerprint density at radius 3 is 2.63 bits per heavy atom. The Morgan fingerprint density at radius 2 is 1.89 bits per heavy atom. The van der Waals surface area contributed by atoms with Crippen molar-refractivity contribution in [2.24, 2.45) is 0 Å². The maximum Gasteiger partial charge on any atom is 0.257 e. The van der Waals surface area contributed by atoms with E-state index in [4.69, 9.17) is 0 Å². The molecule has 3 rings (SSSR count). The summed E-state index contributed by atoms with van der Waals surface area (Å²) in [6.45, 7) is 0. The van der Waals surface area contributed by atoms with Crippen LogP contribution < -0.4 is 5.32 Å². The summed E-state index contributed by atoms with van der Waals surface area (Å²) >= 11 is 6.87. The van der Waals surface area contributed by atoms with Gasteiger partial charge in [-0.25, -0.2) is 4.98 Å². The van der Waals surface area contributed by atoms with Crippen molar-refractivity contribution >= 4 is 55.2 Å². The van der Waals surface area contributed by atoms with Gasteiger partial charge in [0.2, 0.25) is 0 Å². The molecule has 0 radical (unpaired) electrons. The van der Waals surface area contributed by atoms with Crippen LogP contribution in [0.4, 0.5) is 5.82 Å². The summed E-state index contributed by atoms with van der Waals surface area (Å²) in [6.07, 6.45) is 3.52. The van der Waals surface area contributed by atoms with Crippen molar-refractivity contribution in [3.63, 3.8) is 0 Å². The first-order valence-electron chi connectivity index (χ1n) is 5.58. The fourth-order valence-corrected chi connectivity index (χ4v) is 3.32. The highest BCUT2D eigenvalue weighted by atomic mass is 79.9. The lowest BCUT2D eigenvalue weighted by atomic mass is 10.1. The first-order chi connectivity index (χ1) is 9.13. The van der Waals surface area contributed by atoms with Crippen molar-refractivity contribution in [1.29, 1.82) is 0 Å². The van der Waals surface area contributed by atoms with Crippen LogP contribution >= 0.6 is 31.9 Å². The molecule has 5 heteroatoms. The number of fused-ring (bicyclic) bond motifs is 1. The highest BCUT2D eigenvalue weighted by Crippen LogP contribution is 2.32. The molecule has 0 fully saturated rings. The summed E-state index contributed by atoms with van der Waals surface area (Å²) in [7, 11) is 0. The Bertz CT molecular complexity index is 690. The minimum absolute atomic E-state index is 0.121. The van der Waals surface area contributed by atoms with Gasteiger partial charge in [0.25, 0.3) is 5.91 Å². The lowest BCUT2D eigenvalue weighted by molar-refractivity contribution is -0.110. The van der Waals surface area contributed by atoms with E-state index in [-0.39, 0.29) is 5.91 Å². The van der Waals surface area contributed by atoms with Crippen LogP contribution in [-0.4, -0.2) is 10.9 Å². The molecule has 2 heterocycles. The van der Waals surface area contributed by atoms with Gasteiger partial charge in [-0.05, 0) is 42.0 Å². The van der Waals surface area contributed by atoms with Crippen molar-refractivity contribution in [2.75, 3.05) is 5.32 Å². The molecule has 1 aromatic carbocycles. The molecule has 1 aliphatic rings. The van der Waals surface area contributed by atoms with Gasteiger partial charge in [0.15, 0.2) is 0 Å². The van der Waals surface area contributed by atoms with E-state index in [0.717, 1.165) is 20.1 Å². The van der Waals surface area contributed by atoms with Crippen LogP contribution in [0.1, 0.15) is 11.1 Å². The molecule has 94 valence electrons. The Labute approximate surface area is 127 Å². The number of halogens is 2. The van der Waals surface area contributed by atoms with Crippen molar-refractivity contribution in [3.8, 4) is 0 Å². The monoisotopic (exact) mass is 378 g/mol. The number of rotatable bonds is 1. The zero-order chi connectivity index (χ0) is 13.4. The first kappa shape index (κ1) is 12.6. The second-order valence-electron chi connectivity index (χ2n) is 4.11. The van der Waals surface area contributed by atoms with Crippen LogP contribution in [0.25, 0.3) is 11.6 Å². The molecule has 0 aliphatic carbocycles. The summed E-state index contributed by atoms with van der Waals surface area (Å²) in [5, 5.41) is 2.76. The summed E-state index contributed by atoms with van der Waals surface area (Å²) in [4.78, 5) is 16.1. The number of anilines is 1. The average molecular weight is 380 g/mol. The third-order valence-corrected chi connectivity index (χ3v) is 3.69. The third kappa shape index (κ3) is 2.48. The number of nitrogens with one attached hydrogen (secondary N) is 1. The number of hydrogen-bond acceptors (Lipinski definition) is 2. The van der Waals surface area contributed by atoms with Crippen LogP contribution in [0, 0.1) is 0 Å². The molecule has 0 saturated heterocycles. The molecule has 3 nitrogen and oxygen atoms in total. The second kappa shape index (κ2) is 4.90. The summed E-state index contributed by atoms with van der Waals surface area (Å²) in [5.74, 6) is 0.498. The summed E-state index contributed by atoms with van der Waals surface area (Å²) in [5.41, 5.74) is 2.42. The van der Waals surface area contributed by atoms with Gasteiger partial charge < -0.3 is 5.32 Å². The molecule has 1 amide bonds. The third-order valence-electron chi connectivity index (χ3n) is 2.77. The Kier molecular flexibility index (Phi) is 3.24. The van der Waals surface area contributed by atoms with E-state index in [0.29, 0.717) is 11.4 Å². The van der Waals surface area contributed by atoms with Crippen LogP contribution in [0.2, 0.25) is 0 Å². The Morgan fingerprint density at radius 1 is 1.16 bits per heavy atom. The van der Waals surface area contributed by atoms with Crippen LogP contribution in [0.15, 0.2) is 45.5 Å². The lowest BCUT2D eigenvalue weighted by Gasteiger charge is -2.00. The Hall–Kier alpha value is -1.46. The van der Waals surface area contributed by atoms with Gasteiger partial charge in [0, 0.05) is 20.7 Å². The molecule has 0 spiro atoms. The van der Waals surface area contributed by atoms with Crippen LogP contribution in [0.3, 0.4) is 0 Å². The number of carbonyl (C=O) groups excluding carboxylic acids is 1. The van der Waals surface area contributed by atoms with Gasteiger partial charge in [-0.3, -0.25) is 4.79 Å². The molecule has 1 aromatic heterocycles. The van der Waals surface area contributed by atoms with Gasteiger partial charge in [-0.1, -0.05) is 31.9 Å². The van der Waals surface area contributed by atoms with Gasteiger partial charge in [-0.2, -0.15) is 0 Å². The molecule has 0 bridgehead atoms. The largest absolute Gasteiger partial charge is 0.306 e. The molecular formula is C14H8Br2N2O. The second-order valence-corrected chi connectivity index (χ2v) is 5.95. The summed E-state index contributed by atoms with van der Waals surface area (Å²) < 4.78 is 1.91. The van der Waals surface area contributed by atoms with E-state index in [1.54, 1.807) is 6.20 Å². The minimum Gasteiger partial charge on any atom is -0.306 e. The summed E-state index contributed by atoms with van der Waals surface area (Å²) in [6, 6.07) is 9.58. The number of hydrogen-bond donors (Lipinski definition) is 1. The number of amides is 1. The molecule has 1 N–H and O–H groups in total. The van der Waals surface area contributed by atoms with Crippen molar-refractivity contribution in [2.45, 2.75) is 0 Å². The smallest absolute Gasteiger partial charge is 0.257 e. The van der Waals surface area contributed by atoms with Gasteiger partial charge in [0.1, 0.15) is 5.82 Å². The Balaban J connectivity index is 2.11. The van der Waals surface area contributed by atoms with Crippen molar-refractivity contribution in [3.05, 3.63) is 56.6 Å². The molecule has 19 heavy (non-hydrogen) atoms. The molecule has 0 atom stereocenters. The fourth-order valence-electron chi connectivity index (χ4n) is 1.99. The predicted molar refractivity (Wildman–Crippen MR) is 82.6 cm³/mol. The topological polar surface area (TPSA) is 42.0 Å². The van der Waals surface area contributed by atoms with Gasteiger partial charge in [-0.15, -0.1) is 0 Å². The molecular weight excluding hydrogens is 372 g/mol. The van der Waals surface area contributed by atoms with E-state index in [2.05, 4.69) is 42.2 Å². The number of nitrogens with zero attached hydrogens (tertiary/aromatic N) is 1. The zero-order valence-corrected chi connectivity index (χ0v) is 12.8. The SMILES string of the molecule is O=C1Nc2ncccc2/C1=C/c1cc(Br)cc(Br)c1. The number of carbonyl (C=O) groups is 1. The van der Waals surface area contributed by atoms with Gasteiger partial charge >= 0.3 is 0 Å². The number of aromatic nitrogens is 1. The maximum atomic E-state index is 12.0. The maximum absolute atomic E-state index is 12.0. The molecule has 0 saturated carbocycles. The first-order valence-corrected chi connectivity index (χ1v) is 7.16. The number of pyridine rings is 1. The number of benzene rings is 1. The quantitative estimate of drug-likeness (QED) is 0.758. The molecule has 2 aromatic rings. The van der Waals surface area contributed by atoms with E-state index < -0.39 is 0 Å².